The highest BCUT2D eigenvalue weighted by atomic mass is 32.1. The zero-order valence-electron chi connectivity index (χ0n) is 13.7. The van der Waals surface area contributed by atoms with Crippen molar-refractivity contribution in [3.8, 4) is 0 Å². The third-order valence-corrected chi connectivity index (χ3v) is 4.50. The van der Waals surface area contributed by atoms with E-state index >= 15 is 0 Å². The van der Waals surface area contributed by atoms with E-state index in [2.05, 4.69) is 16.0 Å². The molecule has 2 aromatic rings. The van der Waals surface area contributed by atoms with E-state index in [0.29, 0.717) is 11.3 Å². The molecule has 0 aliphatic carbocycles. The third-order valence-electron chi connectivity index (χ3n) is 3.51. The number of hydrogen-bond acceptors (Lipinski definition) is 4. The van der Waals surface area contributed by atoms with Crippen molar-refractivity contribution in [1.82, 2.24) is 10.6 Å². The number of carbonyl (C=O) groups excluding carboxylic acids is 3. The van der Waals surface area contributed by atoms with Crippen LogP contribution in [0.5, 0.6) is 0 Å². The summed E-state index contributed by atoms with van der Waals surface area (Å²) in [5.74, 6) is -0.426. The molecule has 4 amide bonds. The lowest BCUT2D eigenvalue weighted by atomic mass is 10.1. The summed E-state index contributed by atoms with van der Waals surface area (Å²) >= 11 is 1.43. The zero-order chi connectivity index (χ0) is 18.2. The maximum Gasteiger partial charge on any atom is 0.312 e. The van der Waals surface area contributed by atoms with Gasteiger partial charge in [-0.3, -0.25) is 9.59 Å². The molecule has 5 N–H and O–H groups in total. The number of para-hydroxylation sites is 1. The van der Waals surface area contributed by atoms with Gasteiger partial charge in [-0.2, -0.15) is 0 Å². The normalized spacial score (nSPS) is 11.4. The van der Waals surface area contributed by atoms with Gasteiger partial charge in [-0.25, -0.2) is 4.79 Å². The fourth-order valence-corrected chi connectivity index (χ4v) is 3.11. The lowest BCUT2D eigenvalue weighted by molar-refractivity contribution is -0.120. The van der Waals surface area contributed by atoms with Crippen LogP contribution >= 0.6 is 11.3 Å². The van der Waals surface area contributed by atoms with Crippen LogP contribution in [0.25, 0.3) is 0 Å². The highest BCUT2D eigenvalue weighted by molar-refractivity contribution is 7.10. The van der Waals surface area contributed by atoms with Gasteiger partial charge in [-0.1, -0.05) is 24.3 Å². The molecule has 0 saturated heterocycles. The fourth-order valence-electron chi connectivity index (χ4n) is 2.33. The molecule has 132 valence electrons. The van der Waals surface area contributed by atoms with Crippen molar-refractivity contribution in [3.63, 3.8) is 0 Å². The van der Waals surface area contributed by atoms with E-state index in [1.54, 1.807) is 31.3 Å². The first-order chi connectivity index (χ1) is 12.0. The van der Waals surface area contributed by atoms with Gasteiger partial charge < -0.3 is 21.7 Å². The Morgan fingerprint density at radius 1 is 1.12 bits per heavy atom. The first-order valence-electron chi connectivity index (χ1n) is 7.67. The summed E-state index contributed by atoms with van der Waals surface area (Å²) < 4.78 is 0. The number of anilines is 1. The first kappa shape index (κ1) is 18.5. The van der Waals surface area contributed by atoms with E-state index < -0.39 is 12.1 Å². The maximum absolute atomic E-state index is 12.4. The van der Waals surface area contributed by atoms with Crippen molar-refractivity contribution in [2.24, 2.45) is 5.73 Å². The molecule has 7 nitrogen and oxygen atoms in total. The quantitative estimate of drug-likeness (QED) is 0.603. The van der Waals surface area contributed by atoms with Crippen molar-refractivity contribution in [1.29, 1.82) is 0 Å². The predicted molar refractivity (Wildman–Crippen MR) is 97.2 cm³/mol. The molecule has 2 rings (SSSR count). The van der Waals surface area contributed by atoms with E-state index in [9.17, 15) is 14.4 Å². The average molecular weight is 360 g/mol. The largest absolute Gasteiger partial charge is 0.359 e. The summed E-state index contributed by atoms with van der Waals surface area (Å²) in [6.45, 7) is 0. The van der Waals surface area contributed by atoms with Crippen LogP contribution in [0.4, 0.5) is 10.5 Å². The Morgan fingerprint density at radius 2 is 1.88 bits per heavy atom. The molecule has 1 unspecified atom stereocenters. The Morgan fingerprint density at radius 3 is 2.52 bits per heavy atom. The molecule has 0 aliphatic rings. The van der Waals surface area contributed by atoms with Crippen LogP contribution in [0.15, 0.2) is 41.8 Å². The van der Waals surface area contributed by atoms with Gasteiger partial charge in [0.1, 0.15) is 0 Å². The number of likely N-dealkylation sites (N-methyl/N-ethyl adjacent to an activating group) is 1. The molecule has 0 saturated carbocycles. The number of amides is 4. The van der Waals surface area contributed by atoms with Crippen molar-refractivity contribution in [2.75, 3.05) is 12.4 Å². The Bertz CT molecular complexity index is 746. The topological polar surface area (TPSA) is 113 Å². The number of primary amides is 1. The number of rotatable bonds is 7. The molecule has 1 aromatic heterocycles. The number of urea groups is 1. The molecule has 1 heterocycles. The molecule has 0 fully saturated rings. The maximum atomic E-state index is 12.4. The summed E-state index contributed by atoms with van der Waals surface area (Å²) in [5, 5.41) is 9.80. The molecule has 0 radical (unpaired) electrons. The van der Waals surface area contributed by atoms with Crippen LogP contribution in [0.1, 0.15) is 22.9 Å². The second kappa shape index (κ2) is 8.84. The predicted octanol–water partition coefficient (Wildman–Crippen LogP) is 1.77. The van der Waals surface area contributed by atoms with Gasteiger partial charge in [0.25, 0.3) is 0 Å². The smallest absolute Gasteiger partial charge is 0.312 e. The minimum absolute atomic E-state index is 0.0394. The van der Waals surface area contributed by atoms with Gasteiger partial charge >= 0.3 is 6.03 Å². The van der Waals surface area contributed by atoms with Gasteiger partial charge in [-0.15, -0.1) is 11.3 Å². The molecule has 25 heavy (non-hydrogen) atoms. The van der Waals surface area contributed by atoms with Crippen molar-refractivity contribution < 1.29 is 14.4 Å². The van der Waals surface area contributed by atoms with E-state index in [0.717, 1.165) is 4.88 Å². The molecule has 0 aliphatic heterocycles. The zero-order valence-corrected chi connectivity index (χ0v) is 14.6. The Labute approximate surface area is 149 Å². The highest BCUT2D eigenvalue weighted by Crippen LogP contribution is 2.23. The van der Waals surface area contributed by atoms with E-state index in [1.165, 1.54) is 11.3 Å². The van der Waals surface area contributed by atoms with Crippen LogP contribution in [0.3, 0.4) is 0 Å². The third kappa shape index (κ3) is 5.61. The van der Waals surface area contributed by atoms with Gasteiger partial charge in [0.2, 0.25) is 11.8 Å². The highest BCUT2D eigenvalue weighted by Gasteiger charge is 2.19. The monoisotopic (exact) mass is 360 g/mol. The summed E-state index contributed by atoms with van der Waals surface area (Å²) in [7, 11) is 1.56. The van der Waals surface area contributed by atoms with Gasteiger partial charge in [0.05, 0.1) is 18.9 Å². The minimum atomic E-state index is -0.689. The minimum Gasteiger partial charge on any atom is -0.359 e. The summed E-state index contributed by atoms with van der Waals surface area (Å²) in [6.07, 6.45) is 0.207. The number of hydrogen-bond donors (Lipinski definition) is 4. The number of thiophene rings is 1. The molecule has 0 spiro atoms. The van der Waals surface area contributed by atoms with Gasteiger partial charge in [0.15, 0.2) is 0 Å². The van der Waals surface area contributed by atoms with Crippen LogP contribution in [-0.4, -0.2) is 24.9 Å². The van der Waals surface area contributed by atoms with Crippen molar-refractivity contribution in [3.05, 3.63) is 52.2 Å². The summed E-state index contributed by atoms with van der Waals surface area (Å²) in [5.41, 5.74) is 6.48. The SMILES string of the molecule is CNC(=O)Cc1ccccc1NC(=O)CC(NC(N)=O)c1cccs1. The molecule has 8 heteroatoms. The number of benzene rings is 1. The molecule has 0 bridgehead atoms. The summed E-state index contributed by atoms with van der Waals surface area (Å²) in [6, 6.07) is 9.58. The number of nitrogens with two attached hydrogens (primary N) is 1. The van der Waals surface area contributed by atoms with Crippen LogP contribution in [0.2, 0.25) is 0 Å². The average Bonchev–Trinajstić information content (AvgIpc) is 3.10. The second-order valence-corrected chi connectivity index (χ2v) is 6.32. The Kier molecular flexibility index (Phi) is 6.53. The lowest BCUT2D eigenvalue weighted by Gasteiger charge is -2.17. The van der Waals surface area contributed by atoms with Crippen molar-refractivity contribution >= 4 is 34.9 Å². The first-order valence-corrected chi connectivity index (χ1v) is 8.55. The van der Waals surface area contributed by atoms with E-state index in [4.69, 9.17) is 5.73 Å². The van der Waals surface area contributed by atoms with E-state index in [-0.39, 0.29) is 24.7 Å². The summed E-state index contributed by atoms with van der Waals surface area (Å²) in [4.78, 5) is 36.0. The number of nitrogens with one attached hydrogen (secondary N) is 3. The van der Waals surface area contributed by atoms with Crippen LogP contribution in [-0.2, 0) is 16.0 Å². The number of carbonyl (C=O) groups is 3. The van der Waals surface area contributed by atoms with Gasteiger partial charge in [0, 0.05) is 17.6 Å². The van der Waals surface area contributed by atoms with Crippen LogP contribution < -0.4 is 21.7 Å². The van der Waals surface area contributed by atoms with Crippen molar-refractivity contribution in [2.45, 2.75) is 18.9 Å². The Balaban J connectivity index is 2.08. The molecular formula is C17H20N4O3S. The molecule has 1 aromatic carbocycles. The van der Waals surface area contributed by atoms with E-state index in [1.807, 2.05) is 17.5 Å². The van der Waals surface area contributed by atoms with Gasteiger partial charge in [-0.05, 0) is 23.1 Å². The molecular weight excluding hydrogens is 340 g/mol. The standard InChI is InChI=1S/C17H20N4O3S/c1-19-15(22)9-11-5-2-3-6-12(11)20-16(23)10-13(21-17(18)24)14-7-4-8-25-14/h2-8,13H,9-10H2,1H3,(H,19,22)(H,20,23)(H3,18,21,24). The van der Waals surface area contributed by atoms with Crippen LogP contribution in [0, 0.1) is 0 Å². The lowest BCUT2D eigenvalue weighted by Crippen LogP contribution is -2.35. The second-order valence-electron chi connectivity index (χ2n) is 5.34. The fraction of sp³-hybridized carbons (Fsp3) is 0.235. The molecule has 1 atom stereocenters. The Hall–Kier alpha value is -2.87.